The van der Waals surface area contributed by atoms with E-state index in [1.54, 1.807) is 0 Å². The molecule has 2 aromatic rings. The number of nitrogens with one attached hydrogen (secondary N) is 1. The first-order valence-electron chi connectivity index (χ1n) is 11.4. The van der Waals surface area contributed by atoms with E-state index in [9.17, 15) is 4.79 Å². The fourth-order valence-corrected chi connectivity index (χ4v) is 4.05. The van der Waals surface area contributed by atoms with Crippen LogP contribution in [0.5, 0.6) is 0 Å². The van der Waals surface area contributed by atoms with Crippen LogP contribution >= 0.6 is 0 Å². The van der Waals surface area contributed by atoms with Crippen LogP contribution in [0.25, 0.3) is 0 Å². The molecule has 0 radical (unpaired) electrons. The summed E-state index contributed by atoms with van der Waals surface area (Å²) < 4.78 is 5.46. The van der Waals surface area contributed by atoms with Crippen LogP contribution in [-0.2, 0) is 10.2 Å². The minimum Gasteiger partial charge on any atom is -0.378 e. The lowest BCUT2D eigenvalue weighted by molar-refractivity contribution is 0.122. The van der Waals surface area contributed by atoms with Crippen LogP contribution in [0.4, 0.5) is 22.1 Å². The molecule has 3 heterocycles. The zero-order valence-corrected chi connectivity index (χ0v) is 19.6. The number of morpholine rings is 1. The molecule has 0 bridgehead atoms. The molecule has 2 amide bonds. The van der Waals surface area contributed by atoms with E-state index in [0.717, 1.165) is 62.5 Å². The van der Waals surface area contributed by atoms with Crippen LogP contribution in [0, 0.1) is 6.92 Å². The number of urea groups is 1. The van der Waals surface area contributed by atoms with Crippen LogP contribution in [-0.4, -0.2) is 73.4 Å². The van der Waals surface area contributed by atoms with Crippen LogP contribution in [0.1, 0.15) is 32.2 Å². The summed E-state index contributed by atoms with van der Waals surface area (Å²) in [6.45, 7) is 14.4. The lowest BCUT2D eigenvalue weighted by Crippen LogP contribution is -2.50. The highest BCUT2D eigenvalue weighted by atomic mass is 16.5. The summed E-state index contributed by atoms with van der Waals surface area (Å²) in [7, 11) is 0. The van der Waals surface area contributed by atoms with Gasteiger partial charge in [-0.25, -0.2) is 14.8 Å². The monoisotopic (exact) mass is 438 g/mol. The van der Waals surface area contributed by atoms with Crippen molar-refractivity contribution in [3.8, 4) is 0 Å². The normalized spacial score (nSPS) is 17.4. The van der Waals surface area contributed by atoms with E-state index in [2.05, 4.69) is 64.1 Å². The fraction of sp³-hybridized carbons (Fsp3) is 0.542. The van der Waals surface area contributed by atoms with E-state index in [4.69, 9.17) is 4.74 Å². The topological polar surface area (TPSA) is 73.8 Å². The Balaban J connectivity index is 1.34. The number of carbonyl (C=O) groups is 1. The summed E-state index contributed by atoms with van der Waals surface area (Å²) >= 11 is 0. The van der Waals surface area contributed by atoms with Gasteiger partial charge in [-0.15, -0.1) is 0 Å². The van der Waals surface area contributed by atoms with Crippen molar-refractivity contribution in [3.05, 3.63) is 41.7 Å². The minimum absolute atomic E-state index is 0.0546. The van der Waals surface area contributed by atoms with Gasteiger partial charge in [0.15, 0.2) is 0 Å². The second-order valence-corrected chi connectivity index (χ2v) is 9.46. The van der Waals surface area contributed by atoms with E-state index >= 15 is 0 Å². The lowest BCUT2D eigenvalue weighted by atomic mass is 9.87. The molecule has 0 aliphatic carbocycles. The van der Waals surface area contributed by atoms with Crippen LogP contribution in [0.2, 0.25) is 0 Å². The number of aryl methyl sites for hydroxylation is 1. The van der Waals surface area contributed by atoms with Crippen LogP contribution < -0.4 is 15.1 Å². The second-order valence-electron chi connectivity index (χ2n) is 9.46. The Kier molecular flexibility index (Phi) is 6.50. The first-order valence-corrected chi connectivity index (χ1v) is 11.4. The fourth-order valence-electron chi connectivity index (χ4n) is 4.05. The summed E-state index contributed by atoms with van der Waals surface area (Å²) in [6, 6.07) is 10.1. The van der Waals surface area contributed by atoms with Gasteiger partial charge in [-0.05, 0) is 30.0 Å². The molecule has 1 aromatic carbocycles. The molecule has 32 heavy (non-hydrogen) atoms. The number of ether oxygens (including phenoxy) is 1. The van der Waals surface area contributed by atoms with Gasteiger partial charge in [-0.3, -0.25) is 0 Å². The predicted octanol–water partition coefficient (Wildman–Crippen LogP) is 3.27. The molecular weight excluding hydrogens is 404 g/mol. The number of aromatic nitrogens is 2. The Bertz CT molecular complexity index is 926. The van der Waals surface area contributed by atoms with Gasteiger partial charge in [-0.1, -0.05) is 32.9 Å². The van der Waals surface area contributed by atoms with Crippen molar-refractivity contribution in [2.24, 2.45) is 0 Å². The smallest absolute Gasteiger partial charge is 0.321 e. The van der Waals surface area contributed by atoms with Gasteiger partial charge in [0.05, 0.1) is 13.2 Å². The number of amides is 2. The third kappa shape index (κ3) is 5.30. The number of benzene rings is 1. The van der Waals surface area contributed by atoms with Gasteiger partial charge in [0.25, 0.3) is 0 Å². The zero-order chi connectivity index (χ0) is 22.7. The average molecular weight is 439 g/mol. The van der Waals surface area contributed by atoms with Crippen molar-refractivity contribution in [1.29, 1.82) is 0 Å². The highest BCUT2D eigenvalue weighted by molar-refractivity contribution is 5.89. The molecule has 0 unspecified atom stereocenters. The first kappa shape index (κ1) is 22.3. The van der Waals surface area contributed by atoms with Crippen molar-refractivity contribution >= 4 is 23.4 Å². The van der Waals surface area contributed by atoms with Crippen LogP contribution in [0.3, 0.4) is 0 Å². The maximum absolute atomic E-state index is 12.8. The number of hydrogen-bond donors (Lipinski definition) is 1. The molecule has 0 spiro atoms. The summed E-state index contributed by atoms with van der Waals surface area (Å²) in [5, 5.41) is 3.03. The SMILES string of the molecule is Cc1nc(N2CCOCC2)cc(N2CCN(C(=O)Nc3ccc(C(C)(C)C)cc3)CC2)n1. The van der Waals surface area contributed by atoms with Gasteiger partial charge in [0.2, 0.25) is 0 Å². The minimum atomic E-state index is -0.0546. The highest BCUT2D eigenvalue weighted by Gasteiger charge is 2.24. The highest BCUT2D eigenvalue weighted by Crippen LogP contribution is 2.24. The summed E-state index contributed by atoms with van der Waals surface area (Å²) in [6.07, 6.45) is 0. The van der Waals surface area contributed by atoms with Crippen LogP contribution in [0.15, 0.2) is 30.3 Å². The molecule has 172 valence electrons. The molecule has 1 N–H and O–H groups in total. The molecule has 0 saturated carbocycles. The number of piperazine rings is 1. The van der Waals surface area contributed by atoms with Crippen molar-refractivity contribution in [2.75, 3.05) is 67.6 Å². The van der Waals surface area contributed by atoms with Gasteiger partial charge in [0.1, 0.15) is 17.5 Å². The van der Waals surface area contributed by atoms with E-state index < -0.39 is 0 Å². The Labute approximate surface area is 190 Å². The Morgan fingerprint density at radius 3 is 2.03 bits per heavy atom. The maximum atomic E-state index is 12.8. The molecule has 1 aromatic heterocycles. The third-order valence-electron chi connectivity index (χ3n) is 6.04. The Hall–Kier alpha value is -2.87. The zero-order valence-electron chi connectivity index (χ0n) is 19.6. The number of hydrogen-bond acceptors (Lipinski definition) is 6. The van der Waals surface area contributed by atoms with E-state index in [1.165, 1.54) is 5.56 Å². The molecule has 8 heteroatoms. The van der Waals surface area contributed by atoms with Gasteiger partial charge in [0, 0.05) is 51.0 Å². The molecule has 8 nitrogen and oxygen atoms in total. The van der Waals surface area contributed by atoms with Gasteiger partial charge >= 0.3 is 6.03 Å². The molecule has 2 saturated heterocycles. The quantitative estimate of drug-likeness (QED) is 0.793. The number of rotatable bonds is 3. The van der Waals surface area contributed by atoms with Crippen molar-refractivity contribution in [3.63, 3.8) is 0 Å². The largest absolute Gasteiger partial charge is 0.378 e. The van der Waals surface area contributed by atoms with E-state index in [0.29, 0.717) is 13.1 Å². The lowest BCUT2D eigenvalue weighted by Gasteiger charge is -2.36. The Morgan fingerprint density at radius 1 is 0.906 bits per heavy atom. The van der Waals surface area contributed by atoms with Gasteiger partial charge < -0.3 is 24.8 Å². The average Bonchev–Trinajstić information content (AvgIpc) is 2.79. The molecule has 2 aliphatic heterocycles. The number of anilines is 3. The summed E-state index contributed by atoms with van der Waals surface area (Å²) in [5.41, 5.74) is 2.17. The third-order valence-corrected chi connectivity index (χ3v) is 6.04. The molecule has 2 aliphatic rings. The maximum Gasteiger partial charge on any atom is 0.321 e. The van der Waals surface area contributed by atoms with Gasteiger partial charge in [-0.2, -0.15) is 0 Å². The predicted molar refractivity (Wildman–Crippen MR) is 128 cm³/mol. The molecule has 4 rings (SSSR count). The number of carbonyl (C=O) groups excluding carboxylic acids is 1. The van der Waals surface area contributed by atoms with E-state index in [1.807, 2.05) is 24.0 Å². The number of nitrogens with zero attached hydrogens (tertiary/aromatic N) is 5. The van der Waals surface area contributed by atoms with Crippen molar-refractivity contribution in [2.45, 2.75) is 33.1 Å². The summed E-state index contributed by atoms with van der Waals surface area (Å²) in [4.78, 5) is 28.4. The Morgan fingerprint density at radius 2 is 1.47 bits per heavy atom. The van der Waals surface area contributed by atoms with Crippen molar-refractivity contribution < 1.29 is 9.53 Å². The van der Waals surface area contributed by atoms with Crippen molar-refractivity contribution in [1.82, 2.24) is 14.9 Å². The van der Waals surface area contributed by atoms with E-state index in [-0.39, 0.29) is 11.4 Å². The first-order chi connectivity index (χ1) is 15.3. The molecule has 2 fully saturated rings. The second kappa shape index (κ2) is 9.32. The standard InChI is InChI=1S/C24H34N6O2/c1-18-25-21(17-22(26-18)29-13-15-32-16-14-29)28-9-11-30(12-10-28)23(31)27-20-7-5-19(6-8-20)24(2,3)4/h5-8,17H,9-16H2,1-4H3,(H,27,31). The summed E-state index contributed by atoms with van der Waals surface area (Å²) in [5.74, 6) is 2.65. The molecule has 0 atom stereocenters. The molecular formula is C24H34N6O2.